The molecule has 23 heavy (non-hydrogen) atoms. The van der Waals surface area contributed by atoms with Crippen LogP contribution in [0.1, 0.15) is 36.3 Å². The molecule has 0 spiro atoms. The number of aliphatic hydroxyl groups is 1. The Morgan fingerprint density at radius 1 is 1.35 bits per heavy atom. The second kappa shape index (κ2) is 6.96. The Morgan fingerprint density at radius 2 is 2.09 bits per heavy atom. The molecule has 2 rings (SSSR count). The molecular weight excluding hydrogens is 292 g/mol. The molecule has 0 saturated heterocycles. The highest BCUT2D eigenvalue weighted by atomic mass is 16.5. The third-order valence-electron chi connectivity index (χ3n) is 3.98. The molecule has 2 aromatic rings. The van der Waals surface area contributed by atoms with Crippen LogP contribution in [-0.4, -0.2) is 36.3 Å². The van der Waals surface area contributed by atoms with Gasteiger partial charge < -0.3 is 15.2 Å². The number of carbonyl (C=O) groups is 1. The number of nitrogens with zero attached hydrogens (tertiary/aromatic N) is 1. The predicted molar refractivity (Wildman–Crippen MR) is 90.8 cm³/mol. The van der Waals surface area contributed by atoms with Crippen molar-refractivity contribution in [3.8, 4) is 5.75 Å². The van der Waals surface area contributed by atoms with Gasteiger partial charge in [-0.1, -0.05) is 13.8 Å². The van der Waals surface area contributed by atoms with Gasteiger partial charge in [0.05, 0.1) is 23.9 Å². The SMILES string of the molecule is COc1ccc2cc(C(=O)NCC(C)(C)CCO)c(C)nc2c1. The molecule has 1 aromatic heterocycles. The van der Waals surface area contributed by atoms with E-state index in [2.05, 4.69) is 10.3 Å². The summed E-state index contributed by atoms with van der Waals surface area (Å²) in [6.07, 6.45) is 0.641. The number of carbonyl (C=O) groups excluding carboxylic acids is 1. The molecule has 0 aliphatic rings. The number of aryl methyl sites for hydroxylation is 1. The van der Waals surface area contributed by atoms with E-state index in [9.17, 15) is 4.79 Å². The number of ether oxygens (including phenoxy) is 1. The van der Waals surface area contributed by atoms with Crippen molar-refractivity contribution in [3.63, 3.8) is 0 Å². The zero-order valence-corrected chi connectivity index (χ0v) is 14.1. The van der Waals surface area contributed by atoms with Crippen molar-refractivity contribution in [2.75, 3.05) is 20.3 Å². The quantitative estimate of drug-likeness (QED) is 0.859. The van der Waals surface area contributed by atoms with Crippen LogP contribution in [0.15, 0.2) is 24.3 Å². The fourth-order valence-electron chi connectivity index (χ4n) is 2.41. The summed E-state index contributed by atoms with van der Waals surface area (Å²) in [5.41, 5.74) is 1.92. The lowest BCUT2D eigenvalue weighted by molar-refractivity contribution is 0.0927. The normalized spacial score (nSPS) is 11.5. The van der Waals surface area contributed by atoms with E-state index in [4.69, 9.17) is 9.84 Å². The van der Waals surface area contributed by atoms with Crippen LogP contribution in [0.2, 0.25) is 0 Å². The number of benzene rings is 1. The van der Waals surface area contributed by atoms with Crippen LogP contribution < -0.4 is 10.1 Å². The number of hydrogen-bond acceptors (Lipinski definition) is 4. The van der Waals surface area contributed by atoms with E-state index in [0.717, 1.165) is 16.7 Å². The van der Waals surface area contributed by atoms with E-state index in [1.807, 2.05) is 45.0 Å². The Morgan fingerprint density at radius 3 is 2.74 bits per heavy atom. The average molecular weight is 316 g/mol. The van der Waals surface area contributed by atoms with E-state index in [1.54, 1.807) is 7.11 Å². The van der Waals surface area contributed by atoms with Crippen LogP contribution in [-0.2, 0) is 0 Å². The van der Waals surface area contributed by atoms with Gasteiger partial charge in [0, 0.05) is 24.6 Å². The van der Waals surface area contributed by atoms with Crippen LogP contribution >= 0.6 is 0 Å². The van der Waals surface area contributed by atoms with Gasteiger partial charge in [-0.15, -0.1) is 0 Å². The summed E-state index contributed by atoms with van der Waals surface area (Å²) in [7, 11) is 1.62. The maximum Gasteiger partial charge on any atom is 0.253 e. The lowest BCUT2D eigenvalue weighted by Gasteiger charge is -2.24. The summed E-state index contributed by atoms with van der Waals surface area (Å²) in [5.74, 6) is 0.603. The maximum absolute atomic E-state index is 12.4. The minimum absolute atomic E-state index is 0.112. The molecule has 1 heterocycles. The summed E-state index contributed by atoms with van der Waals surface area (Å²) < 4.78 is 5.20. The number of nitrogens with one attached hydrogen (secondary N) is 1. The maximum atomic E-state index is 12.4. The van der Waals surface area contributed by atoms with Crippen molar-refractivity contribution in [2.24, 2.45) is 5.41 Å². The molecule has 1 aromatic carbocycles. The zero-order chi connectivity index (χ0) is 17.0. The summed E-state index contributed by atoms with van der Waals surface area (Å²) in [6.45, 7) is 6.48. The Kier molecular flexibility index (Phi) is 5.21. The predicted octanol–water partition coefficient (Wildman–Crippen LogP) is 2.69. The minimum Gasteiger partial charge on any atom is -0.497 e. The molecule has 0 radical (unpaired) electrons. The van der Waals surface area contributed by atoms with Crippen LogP contribution in [0.5, 0.6) is 5.75 Å². The number of rotatable bonds is 6. The first-order valence-corrected chi connectivity index (χ1v) is 7.71. The summed E-state index contributed by atoms with van der Waals surface area (Å²) in [6, 6.07) is 7.46. The largest absolute Gasteiger partial charge is 0.497 e. The van der Waals surface area contributed by atoms with Gasteiger partial charge in [0.25, 0.3) is 5.91 Å². The van der Waals surface area contributed by atoms with E-state index in [-0.39, 0.29) is 17.9 Å². The number of methoxy groups -OCH3 is 1. The summed E-state index contributed by atoms with van der Waals surface area (Å²) in [5, 5.41) is 12.9. The zero-order valence-electron chi connectivity index (χ0n) is 14.1. The number of pyridine rings is 1. The number of aromatic nitrogens is 1. The molecule has 0 bridgehead atoms. The number of amides is 1. The van der Waals surface area contributed by atoms with Crippen LogP contribution in [0.3, 0.4) is 0 Å². The second-order valence-electron chi connectivity index (χ2n) is 6.50. The van der Waals surface area contributed by atoms with Gasteiger partial charge >= 0.3 is 0 Å². The molecule has 0 aliphatic heterocycles. The molecule has 5 heteroatoms. The first-order chi connectivity index (χ1) is 10.9. The first-order valence-electron chi connectivity index (χ1n) is 7.71. The van der Waals surface area contributed by atoms with Gasteiger partial charge in [-0.2, -0.15) is 0 Å². The lowest BCUT2D eigenvalue weighted by atomic mass is 9.89. The van der Waals surface area contributed by atoms with E-state index >= 15 is 0 Å². The summed E-state index contributed by atoms with van der Waals surface area (Å²) >= 11 is 0. The van der Waals surface area contributed by atoms with Gasteiger partial charge in [-0.25, -0.2) is 0 Å². The fourth-order valence-corrected chi connectivity index (χ4v) is 2.41. The van der Waals surface area contributed by atoms with Gasteiger partial charge in [-0.05, 0) is 37.0 Å². The smallest absolute Gasteiger partial charge is 0.253 e. The second-order valence-corrected chi connectivity index (χ2v) is 6.50. The lowest BCUT2D eigenvalue weighted by Crippen LogP contribution is -2.35. The molecule has 0 saturated carbocycles. The van der Waals surface area contributed by atoms with Crippen molar-refractivity contribution in [1.29, 1.82) is 0 Å². The molecule has 1 amide bonds. The van der Waals surface area contributed by atoms with Crippen molar-refractivity contribution < 1.29 is 14.6 Å². The van der Waals surface area contributed by atoms with Crippen molar-refractivity contribution >= 4 is 16.8 Å². The fraction of sp³-hybridized carbons (Fsp3) is 0.444. The van der Waals surface area contributed by atoms with Gasteiger partial charge in [0.1, 0.15) is 5.75 Å². The molecule has 5 nitrogen and oxygen atoms in total. The monoisotopic (exact) mass is 316 g/mol. The number of fused-ring (bicyclic) bond motifs is 1. The molecule has 0 atom stereocenters. The van der Waals surface area contributed by atoms with Crippen molar-refractivity contribution in [1.82, 2.24) is 10.3 Å². The molecule has 0 fully saturated rings. The topological polar surface area (TPSA) is 71.5 Å². The van der Waals surface area contributed by atoms with Gasteiger partial charge in [0.15, 0.2) is 0 Å². The highest BCUT2D eigenvalue weighted by molar-refractivity contribution is 5.98. The molecular formula is C18H24N2O3. The number of aliphatic hydroxyl groups excluding tert-OH is 1. The standard InChI is InChI=1S/C18H24N2O3/c1-12-15(17(22)19-11-18(2,3)7-8-21)9-13-5-6-14(23-4)10-16(13)20-12/h5-6,9-10,21H,7-8,11H2,1-4H3,(H,19,22). The first kappa shape index (κ1) is 17.2. The molecule has 124 valence electrons. The van der Waals surface area contributed by atoms with E-state index in [0.29, 0.717) is 24.2 Å². The Hall–Kier alpha value is -2.14. The third kappa shape index (κ3) is 4.20. The molecule has 2 N–H and O–H groups in total. The highest BCUT2D eigenvalue weighted by Gasteiger charge is 2.19. The molecule has 0 aliphatic carbocycles. The highest BCUT2D eigenvalue weighted by Crippen LogP contribution is 2.22. The minimum atomic E-state index is -0.143. The van der Waals surface area contributed by atoms with Crippen LogP contribution in [0.25, 0.3) is 10.9 Å². The Balaban J connectivity index is 2.22. The molecule has 0 unspecified atom stereocenters. The van der Waals surface area contributed by atoms with Crippen molar-refractivity contribution in [2.45, 2.75) is 27.2 Å². The van der Waals surface area contributed by atoms with Crippen molar-refractivity contribution in [3.05, 3.63) is 35.5 Å². The van der Waals surface area contributed by atoms with Crippen LogP contribution in [0.4, 0.5) is 0 Å². The van der Waals surface area contributed by atoms with Gasteiger partial charge in [0.2, 0.25) is 0 Å². The number of hydrogen-bond donors (Lipinski definition) is 2. The van der Waals surface area contributed by atoms with E-state index < -0.39 is 0 Å². The Labute approximate surface area is 136 Å². The van der Waals surface area contributed by atoms with Crippen LogP contribution in [0, 0.1) is 12.3 Å². The Bertz CT molecular complexity index is 711. The van der Waals surface area contributed by atoms with E-state index in [1.165, 1.54) is 0 Å². The third-order valence-corrected chi connectivity index (χ3v) is 3.98. The average Bonchev–Trinajstić information content (AvgIpc) is 2.51. The summed E-state index contributed by atoms with van der Waals surface area (Å²) in [4.78, 5) is 17.0. The van der Waals surface area contributed by atoms with Gasteiger partial charge in [-0.3, -0.25) is 9.78 Å².